The lowest BCUT2D eigenvalue weighted by molar-refractivity contribution is -0.144. The Morgan fingerprint density at radius 2 is 1.97 bits per heavy atom. The maximum absolute atomic E-state index is 12.9. The number of fused-ring (bicyclic) bond motifs is 1. The molecule has 29 heavy (non-hydrogen) atoms. The molecule has 0 aromatic rings. The van der Waals surface area contributed by atoms with Gasteiger partial charge in [-0.2, -0.15) is 0 Å². The highest BCUT2D eigenvalue weighted by atomic mass is 16.6. The lowest BCUT2D eigenvalue weighted by Gasteiger charge is -2.54. The van der Waals surface area contributed by atoms with Gasteiger partial charge in [0.2, 0.25) is 5.91 Å². The van der Waals surface area contributed by atoms with Crippen LogP contribution in [-0.2, 0) is 9.53 Å². The molecule has 2 saturated heterocycles. The number of nitrogens with one attached hydrogen (secondary N) is 1. The molecule has 166 valence electrons. The normalized spacial score (nSPS) is 31.0. The van der Waals surface area contributed by atoms with Crippen LogP contribution < -0.4 is 5.32 Å². The van der Waals surface area contributed by atoms with Crippen LogP contribution in [0.3, 0.4) is 0 Å². The van der Waals surface area contributed by atoms with E-state index in [0.717, 1.165) is 32.0 Å². The number of hydrogen-bond donors (Lipinski definition) is 1. The lowest BCUT2D eigenvalue weighted by atomic mass is 9.79. The second kappa shape index (κ2) is 9.21. The molecule has 3 aliphatic rings. The van der Waals surface area contributed by atoms with Crippen LogP contribution in [0.15, 0.2) is 0 Å². The molecule has 4 unspecified atom stereocenters. The van der Waals surface area contributed by atoms with Crippen molar-refractivity contribution in [1.29, 1.82) is 0 Å². The Bertz CT molecular complexity index is 595. The van der Waals surface area contributed by atoms with E-state index in [4.69, 9.17) is 4.74 Å². The van der Waals surface area contributed by atoms with Crippen molar-refractivity contribution >= 4 is 12.0 Å². The van der Waals surface area contributed by atoms with Crippen molar-refractivity contribution in [2.45, 2.75) is 90.7 Å². The quantitative estimate of drug-likeness (QED) is 0.732. The third-order valence-electron chi connectivity index (χ3n) is 6.95. The molecule has 7 nitrogen and oxygen atoms in total. The summed E-state index contributed by atoms with van der Waals surface area (Å²) in [5, 5.41) is 3.64. The molecule has 5 atom stereocenters. The van der Waals surface area contributed by atoms with Crippen molar-refractivity contribution in [3.05, 3.63) is 0 Å². The van der Waals surface area contributed by atoms with E-state index in [1.165, 1.54) is 12.8 Å². The number of carbonyl (C=O) groups is 2. The summed E-state index contributed by atoms with van der Waals surface area (Å²) in [6.07, 6.45) is 4.15. The van der Waals surface area contributed by atoms with Gasteiger partial charge in [0.05, 0.1) is 12.1 Å². The number of piperidine rings is 1. The lowest BCUT2D eigenvalue weighted by Crippen LogP contribution is -2.72. The summed E-state index contributed by atoms with van der Waals surface area (Å²) in [7, 11) is 2.24. The van der Waals surface area contributed by atoms with Gasteiger partial charge >= 0.3 is 6.09 Å². The highest BCUT2D eigenvalue weighted by molar-refractivity contribution is 5.75. The van der Waals surface area contributed by atoms with E-state index in [1.807, 2.05) is 30.6 Å². The molecule has 1 saturated carbocycles. The molecule has 0 radical (unpaired) electrons. The SMILES string of the molecule is CCC(CN(C)C1CC1)C1CNC2C(C1)N(C(=O)OC(C)C)C[C@H](C)N2C(C)=O. The van der Waals surface area contributed by atoms with Gasteiger partial charge < -0.3 is 14.5 Å². The van der Waals surface area contributed by atoms with E-state index in [9.17, 15) is 9.59 Å². The Morgan fingerprint density at radius 3 is 2.52 bits per heavy atom. The van der Waals surface area contributed by atoms with E-state index in [1.54, 1.807) is 6.92 Å². The molecule has 3 rings (SSSR count). The minimum atomic E-state index is -0.254. The summed E-state index contributed by atoms with van der Waals surface area (Å²) in [6.45, 7) is 12.2. The van der Waals surface area contributed by atoms with Gasteiger partial charge in [0.1, 0.15) is 6.17 Å². The molecule has 3 fully saturated rings. The Morgan fingerprint density at radius 1 is 1.28 bits per heavy atom. The molecule has 0 aromatic carbocycles. The van der Waals surface area contributed by atoms with E-state index in [0.29, 0.717) is 18.4 Å². The second-order valence-corrected chi connectivity index (χ2v) is 9.62. The number of ether oxygens (including phenoxy) is 1. The second-order valence-electron chi connectivity index (χ2n) is 9.62. The van der Waals surface area contributed by atoms with Gasteiger partial charge in [-0.15, -0.1) is 0 Å². The zero-order valence-corrected chi connectivity index (χ0v) is 19.1. The van der Waals surface area contributed by atoms with Crippen molar-refractivity contribution in [2.75, 3.05) is 26.7 Å². The van der Waals surface area contributed by atoms with Crippen molar-refractivity contribution in [1.82, 2.24) is 20.0 Å². The van der Waals surface area contributed by atoms with Crippen LogP contribution in [-0.4, -0.2) is 83.8 Å². The molecule has 2 heterocycles. The van der Waals surface area contributed by atoms with Gasteiger partial charge in [0.15, 0.2) is 0 Å². The third kappa shape index (κ3) is 5.05. The number of amides is 2. The Labute approximate surface area is 176 Å². The Balaban J connectivity index is 1.77. The zero-order chi connectivity index (χ0) is 21.3. The molecule has 7 heteroatoms. The topological polar surface area (TPSA) is 65.1 Å². The molecule has 0 spiro atoms. The van der Waals surface area contributed by atoms with Crippen LogP contribution in [0.5, 0.6) is 0 Å². The molecule has 2 amide bonds. The minimum Gasteiger partial charge on any atom is -0.447 e. The first kappa shape index (κ1) is 22.3. The predicted molar refractivity (Wildman–Crippen MR) is 113 cm³/mol. The van der Waals surface area contributed by atoms with Crippen LogP contribution in [0.1, 0.15) is 60.3 Å². The van der Waals surface area contributed by atoms with Crippen LogP contribution >= 0.6 is 0 Å². The molecule has 2 aliphatic heterocycles. The fraction of sp³-hybridized carbons (Fsp3) is 0.909. The Kier molecular flexibility index (Phi) is 7.10. The van der Waals surface area contributed by atoms with Gasteiger partial charge in [0, 0.05) is 38.6 Å². The first-order valence-corrected chi connectivity index (χ1v) is 11.4. The summed E-state index contributed by atoms with van der Waals surface area (Å²) < 4.78 is 5.56. The zero-order valence-electron chi connectivity index (χ0n) is 19.1. The molecule has 1 aliphatic carbocycles. The number of hydrogen-bond acceptors (Lipinski definition) is 5. The standard InChI is InChI=1S/C22H40N4O3/c1-7-17(13-24(6)19-8-9-19)18-10-20-21(23-11-18)26(16(5)27)15(4)12-25(20)22(28)29-14(2)3/h14-15,17-21,23H,7-13H2,1-6H3/t15-,17?,18?,20?,21?/m0/s1. The van der Waals surface area contributed by atoms with Gasteiger partial charge in [-0.05, 0) is 58.9 Å². The maximum Gasteiger partial charge on any atom is 0.410 e. The molecular weight excluding hydrogens is 368 g/mol. The number of rotatable bonds is 6. The highest BCUT2D eigenvalue weighted by Gasteiger charge is 2.48. The fourth-order valence-electron chi connectivity index (χ4n) is 5.28. The molecule has 0 bridgehead atoms. The third-order valence-corrected chi connectivity index (χ3v) is 6.95. The fourth-order valence-corrected chi connectivity index (χ4v) is 5.28. The average molecular weight is 409 g/mol. The summed E-state index contributed by atoms with van der Waals surface area (Å²) in [4.78, 5) is 31.6. The smallest absolute Gasteiger partial charge is 0.410 e. The van der Waals surface area contributed by atoms with Gasteiger partial charge in [-0.25, -0.2) is 4.79 Å². The minimum absolute atomic E-state index is 0.0273. The number of nitrogens with zero attached hydrogens (tertiary/aromatic N) is 3. The van der Waals surface area contributed by atoms with Crippen molar-refractivity contribution < 1.29 is 14.3 Å². The number of carbonyl (C=O) groups excluding carboxylic acids is 2. The van der Waals surface area contributed by atoms with E-state index in [-0.39, 0.29) is 36.4 Å². The predicted octanol–water partition coefficient (Wildman–Crippen LogP) is 2.51. The van der Waals surface area contributed by atoms with Gasteiger partial charge in [-0.3, -0.25) is 15.0 Å². The molecular formula is C22H40N4O3. The molecule has 1 N–H and O–H groups in total. The summed E-state index contributed by atoms with van der Waals surface area (Å²) in [6, 6.07) is 0.690. The van der Waals surface area contributed by atoms with Crippen molar-refractivity contribution in [3.63, 3.8) is 0 Å². The first-order valence-electron chi connectivity index (χ1n) is 11.4. The van der Waals surface area contributed by atoms with Crippen LogP contribution in [0, 0.1) is 11.8 Å². The van der Waals surface area contributed by atoms with Gasteiger partial charge in [-0.1, -0.05) is 13.3 Å². The summed E-state index contributed by atoms with van der Waals surface area (Å²) in [5.41, 5.74) is 0. The van der Waals surface area contributed by atoms with E-state index in [2.05, 4.69) is 24.2 Å². The van der Waals surface area contributed by atoms with Crippen LogP contribution in [0.25, 0.3) is 0 Å². The van der Waals surface area contributed by atoms with Crippen molar-refractivity contribution in [2.24, 2.45) is 11.8 Å². The molecule has 0 aromatic heterocycles. The highest BCUT2D eigenvalue weighted by Crippen LogP contribution is 2.35. The van der Waals surface area contributed by atoms with Crippen LogP contribution in [0.2, 0.25) is 0 Å². The van der Waals surface area contributed by atoms with Crippen LogP contribution in [0.4, 0.5) is 4.79 Å². The summed E-state index contributed by atoms with van der Waals surface area (Å²) >= 11 is 0. The number of piperazine rings is 1. The monoisotopic (exact) mass is 408 g/mol. The maximum atomic E-state index is 12.9. The van der Waals surface area contributed by atoms with Crippen molar-refractivity contribution in [3.8, 4) is 0 Å². The van der Waals surface area contributed by atoms with E-state index < -0.39 is 0 Å². The van der Waals surface area contributed by atoms with Gasteiger partial charge in [0.25, 0.3) is 0 Å². The largest absolute Gasteiger partial charge is 0.447 e. The first-order chi connectivity index (χ1) is 13.7. The average Bonchev–Trinajstić information content (AvgIpc) is 3.49. The van der Waals surface area contributed by atoms with E-state index >= 15 is 0 Å². The Hall–Kier alpha value is -1.34. The summed E-state index contributed by atoms with van der Waals surface area (Å²) in [5.74, 6) is 1.14.